The summed E-state index contributed by atoms with van der Waals surface area (Å²) in [7, 11) is 0. The van der Waals surface area contributed by atoms with Gasteiger partial charge in [0.15, 0.2) is 5.11 Å². The second-order valence-corrected chi connectivity index (χ2v) is 6.63. The molecule has 9 heteroatoms. The van der Waals surface area contributed by atoms with Crippen molar-refractivity contribution in [2.45, 2.75) is 0 Å². The van der Waals surface area contributed by atoms with Gasteiger partial charge in [-0.2, -0.15) is 0 Å². The van der Waals surface area contributed by atoms with Crippen LogP contribution in [-0.4, -0.2) is 29.2 Å². The second kappa shape index (κ2) is 10.7. The number of nitrogens with one attached hydrogen (secondary N) is 2. The number of rotatable bonds is 8. The molecule has 0 aliphatic rings. The number of benzene rings is 3. The van der Waals surface area contributed by atoms with Crippen LogP contribution in [0.3, 0.4) is 0 Å². The van der Waals surface area contributed by atoms with Gasteiger partial charge in [0, 0.05) is 17.8 Å². The molecule has 0 unspecified atom stereocenters. The van der Waals surface area contributed by atoms with Crippen molar-refractivity contribution in [3.63, 3.8) is 0 Å². The molecule has 0 aliphatic carbocycles. The van der Waals surface area contributed by atoms with Gasteiger partial charge in [-0.15, -0.1) is 0 Å². The van der Waals surface area contributed by atoms with Gasteiger partial charge in [-0.3, -0.25) is 20.2 Å². The van der Waals surface area contributed by atoms with Crippen LogP contribution < -0.4 is 20.1 Å². The normalized spacial score (nSPS) is 10.1. The van der Waals surface area contributed by atoms with Crippen molar-refractivity contribution in [3.05, 3.63) is 94.5 Å². The molecule has 0 bridgehead atoms. The minimum absolute atomic E-state index is 0.0391. The number of thiocarbonyl (C=S) groups is 1. The summed E-state index contributed by atoms with van der Waals surface area (Å²) in [4.78, 5) is 22.8. The lowest BCUT2D eigenvalue weighted by molar-refractivity contribution is -0.384. The number of para-hydroxylation sites is 2. The van der Waals surface area contributed by atoms with Crippen molar-refractivity contribution in [2.24, 2.45) is 0 Å². The zero-order chi connectivity index (χ0) is 22.1. The number of carbonyl (C=O) groups is 1. The SMILES string of the molecule is O=C(NC(=S)Nc1ccc([N+](=O)[O-])cc1)c1ccccc1OCCOc1ccccc1. The van der Waals surface area contributed by atoms with Crippen LogP contribution in [0.2, 0.25) is 0 Å². The predicted molar refractivity (Wildman–Crippen MR) is 121 cm³/mol. The van der Waals surface area contributed by atoms with Crippen LogP contribution in [0.15, 0.2) is 78.9 Å². The van der Waals surface area contributed by atoms with E-state index in [4.69, 9.17) is 21.7 Å². The zero-order valence-electron chi connectivity index (χ0n) is 16.3. The number of amides is 1. The Labute approximate surface area is 184 Å². The Balaban J connectivity index is 1.53. The molecule has 0 fully saturated rings. The summed E-state index contributed by atoms with van der Waals surface area (Å²) in [5.41, 5.74) is 0.788. The van der Waals surface area contributed by atoms with Crippen LogP contribution in [0, 0.1) is 10.1 Å². The highest BCUT2D eigenvalue weighted by atomic mass is 32.1. The predicted octanol–water partition coefficient (Wildman–Crippen LogP) is 4.18. The van der Waals surface area contributed by atoms with Gasteiger partial charge in [-0.1, -0.05) is 30.3 Å². The third-order valence-electron chi connectivity index (χ3n) is 4.05. The lowest BCUT2D eigenvalue weighted by Gasteiger charge is -2.13. The van der Waals surface area contributed by atoms with Gasteiger partial charge in [0.25, 0.3) is 11.6 Å². The third kappa shape index (κ3) is 6.51. The van der Waals surface area contributed by atoms with Gasteiger partial charge in [-0.25, -0.2) is 0 Å². The largest absolute Gasteiger partial charge is 0.490 e. The Hall–Kier alpha value is -3.98. The number of nitro benzene ring substituents is 1. The van der Waals surface area contributed by atoms with E-state index in [2.05, 4.69) is 10.6 Å². The molecule has 3 aromatic carbocycles. The number of non-ortho nitro benzene ring substituents is 1. The molecule has 0 aromatic heterocycles. The van der Waals surface area contributed by atoms with Crippen LogP contribution in [0.25, 0.3) is 0 Å². The van der Waals surface area contributed by atoms with E-state index in [0.29, 0.717) is 23.6 Å². The van der Waals surface area contributed by atoms with E-state index in [1.165, 1.54) is 24.3 Å². The topological polar surface area (TPSA) is 103 Å². The highest BCUT2D eigenvalue weighted by Crippen LogP contribution is 2.19. The van der Waals surface area contributed by atoms with Gasteiger partial charge in [0.05, 0.1) is 10.5 Å². The van der Waals surface area contributed by atoms with E-state index in [1.54, 1.807) is 24.3 Å². The summed E-state index contributed by atoms with van der Waals surface area (Å²) in [6.45, 7) is 0.574. The first-order chi connectivity index (χ1) is 15.0. The summed E-state index contributed by atoms with van der Waals surface area (Å²) in [6.07, 6.45) is 0. The molecule has 2 N–H and O–H groups in total. The number of hydrogen-bond acceptors (Lipinski definition) is 6. The Morgan fingerprint density at radius 2 is 1.55 bits per heavy atom. The molecule has 0 saturated heterocycles. The smallest absolute Gasteiger partial charge is 0.269 e. The molecule has 8 nitrogen and oxygen atoms in total. The van der Waals surface area contributed by atoms with E-state index >= 15 is 0 Å². The first kappa shape index (κ1) is 21.7. The Bertz CT molecular complexity index is 1060. The van der Waals surface area contributed by atoms with Crippen LogP contribution >= 0.6 is 12.2 Å². The highest BCUT2D eigenvalue weighted by molar-refractivity contribution is 7.80. The fraction of sp³-hybridized carbons (Fsp3) is 0.0909. The third-order valence-corrected chi connectivity index (χ3v) is 4.25. The average Bonchev–Trinajstić information content (AvgIpc) is 2.78. The molecule has 31 heavy (non-hydrogen) atoms. The first-order valence-corrected chi connectivity index (χ1v) is 9.70. The molecular formula is C22H19N3O5S. The number of ether oxygens (including phenoxy) is 2. The molecule has 1 amide bonds. The average molecular weight is 437 g/mol. The van der Waals surface area contributed by atoms with E-state index in [1.807, 2.05) is 30.3 Å². The van der Waals surface area contributed by atoms with Gasteiger partial charge in [0.2, 0.25) is 0 Å². The van der Waals surface area contributed by atoms with Crippen molar-refractivity contribution >= 4 is 34.6 Å². The monoisotopic (exact) mass is 437 g/mol. The molecule has 0 spiro atoms. The summed E-state index contributed by atoms with van der Waals surface area (Å²) in [5, 5.41) is 16.2. The number of hydrogen-bond donors (Lipinski definition) is 2. The summed E-state index contributed by atoms with van der Waals surface area (Å²) >= 11 is 5.16. The highest BCUT2D eigenvalue weighted by Gasteiger charge is 2.14. The van der Waals surface area contributed by atoms with Crippen molar-refractivity contribution in [3.8, 4) is 11.5 Å². The zero-order valence-corrected chi connectivity index (χ0v) is 17.1. The van der Waals surface area contributed by atoms with Crippen molar-refractivity contribution < 1.29 is 19.2 Å². The molecule has 3 rings (SSSR count). The van der Waals surface area contributed by atoms with E-state index in [9.17, 15) is 14.9 Å². The van der Waals surface area contributed by atoms with Gasteiger partial charge < -0.3 is 14.8 Å². The quantitative estimate of drug-likeness (QED) is 0.236. The van der Waals surface area contributed by atoms with Gasteiger partial charge in [-0.05, 0) is 48.6 Å². The molecule has 0 radical (unpaired) electrons. The Kier molecular flexibility index (Phi) is 7.50. The van der Waals surface area contributed by atoms with Crippen LogP contribution in [0.4, 0.5) is 11.4 Å². The van der Waals surface area contributed by atoms with E-state index < -0.39 is 10.8 Å². The standard InChI is InChI=1S/C22H19N3O5S/c26-21(24-22(31)23-16-10-12-17(13-11-16)25(27)28)19-8-4-5-9-20(19)30-15-14-29-18-6-2-1-3-7-18/h1-13H,14-15H2,(H2,23,24,26,31). The maximum atomic E-state index is 12.6. The van der Waals surface area contributed by atoms with Crippen LogP contribution in [-0.2, 0) is 0 Å². The first-order valence-electron chi connectivity index (χ1n) is 9.29. The summed E-state index contributed by atoms with van der Waals surface area (Å²) in [5.74, 6) is 0.689. The molecule has 0 atom stereocenters. The molecule has 3 aromatic rings. The fourth-order valence-corrected chi connectivity index (χ4v) is 2.82. The number of anilines is 1. The summed E-state index contributed by atoms with van der Waals surface area (Å²) in [6, 6.07) is 21.8. The van der Waals surface area contributed by atoms with Crippen LogP contribution in [0.5, 0.6) is 11.5 Å². The van der Waals surface area contributed by atoms with Crippen molar-refractivity contribution in [2.75, 3.05) is 18.5 Å². The maximum absolute atomic E-state index is 12.6. The maximum Gasteiger partial charge on any atom is 0.269 e. The lowest BCUT2D eigenvalue weighted by Crippen LogP contribution is -2.34. The minimum Gasteiger partial charge on any atom is -0.490 e. The fourth-order valence-electron chi connectivity index (χ4n) is 2.61. The van der Waals surface area contributed by atoms with E-state index in [-0.39, 0.29) is 17.4 Å². The Morgan fingerprint density at radius 3 is 2.26 bits per heavy atom. The van der Waals surface area contributed by atoms with Gasteiger partial charge >= 0.3 is 0 Å². The molecule has 0 saturated carbocycles. The molecule has 0 aliphatic heterocycles. The number of nitro groups is 1. The number of carbonyl (C=O) groups excluding carboxylic acids is 1. The molecule has 0 heterocycles. The molecular weight excluding hydrogens is 418 g/mol. The minimum atomic E-state index is -0.494. The number of nitrogens with zero attached hydrogens (tertiary/aromatic N) is 1. The van der Waals surface area contributed by atoms with E-state index in [0.717, 1.165) is 5.75 Å². The second-order valence-electron chi connectivity index (χ2n) is 6.22. The Morgan fingerprint density at radius 1 is 0.903 bits per heavy atom. The van der Waals surface area contributed by atoms with Crippen LogP contribution in [0.1, 0.15) is 10.4 Å². The van der Waals surface area contributed by atoms with Crippen molar-refractivity contribution in [1.29, 1.82) is 0 Å². The summed E-state index contributed by atoms with van der Waals surface area (Å²) < 4.78 is 11.3. The lowest BCUT2D eigenvalue weighted by atomic mass is 10.2. The van der Waals surface area contributed by atoms with Gasteiger partial charge in [0.1, 0.15) is 24.7 Å². The van der Waals surface area contributed by atoms with Crippen molar-refractivity contribution in [1.82, 2.24) is 5.32 Å². The molecule has 158 valence electrons.